The fourth-order valence-electron chi connectivity index (χ4n) is 2.11. The number of nitrogens with one attached hydrogen (secondary N) is 1. The number of amides is 2. The smallest absolute Gasteiger partial charge is 0.248 e. The number of anilines is 1. The predicted molar refractivity (Wildman–Crippen MR) is 88.5 cm³/mol. The van der Waals surface area contributed by atoms with Crippen molar-refractivity contribution in [3.63, 3.8) is 0 Å². The van der Waals surface area contributed by atoms with E-state index in [2.05, 4.69) is 11.4 Å². The summed E-state index contributed by atoms with van der Waals surface area (Å²) in [6.07, 6.45) is 3.23. The molecule has 0 radical (unpaired) electrons. The maximum atomic E-state index is 11.9. The van der Waals surface area contributed by atoms with Crippen LogP contribution in [0.25, 0.3) is 6.08 Å². The van der Waals surface area contributed by atoms with Crippen molar-refractivity contribution < 1.29 is 9.59 Å². The summed E-state index contributed by atoms with van der Waals surface area (Å²) in [4.78, 5) is 23.0. The number of aryl methyl sites for hydroxylation is 2. The highest BCUT2D eigenvalue weighted by Crippen LogP contribution is 2.13. The molecule has 0 atom stereocenters. The van der Waals surface area contributed by atoms with Crippen molar-refractivity contribution in [1.82, 2.24) is 0 Å². The molecule has 2 amide bonds. The van der Waals surface area contributed by atoms with Crippen LogP contribution in [0.5, 0.6) is 0 Å². The van der Waals surface area contributed by atoms with E-state index in [-0.39, 0.29) is 5.91 Å². The molecule has 0 aliphatic rings. The van der Waals surface area contributed by atoms with Crippen molar-refractivity contribution in [1.29, 1.82) is 0 Å². The van der Waals surface area contributed by atoms with Crippen LogP contribution in [0.3, 0.4) is 0 Å². The van der Waals surface area contributed by atoms with E-state index in [1.807, 2.05) is 26.0 Å². The van der Waals surface area contributed by atoms with Crippen LogP contribution in [0, 0.1) is 13.8 Å². The van der Waals surface area contributed by atoms with Gasteiger partial charge in [0.1, 0.15) is 0 Å². The Balaban J connectivity index is 2.08. The molecule has 0 aliphatic carbocycles. The largest absolute Gasteiger partial charge is 0.366 e. The highest BCUT2D eigenvalue weighted by atomic mass is 16.1. The Morgan fingerprint density at radius 1 is 1.09 bits per heavy atom. The van der Waals surface area contributed by atoms with E-state index in [9.17, 15) is 9.59 Å². The van der Waals surface area contributed by atoms with Gasteiger partial charge in [0.15, 0.2) is 0 Å². The topological polar surface area (TPSA) is 72.2 Å². The van der Waals surface area contributed by atoms with Crippen LogP contribution in [0.1, 0.15) is 27.0 Å². The third-order valence-corrected chi connectivity index (χ3v) is 3.25. The first-order valence-corrected chi connectivity index (χ1v) is 6.92. The van der Waals surface area contributed by atoms with Gasteiger partial charge in [-0.2, -0.15) is 0 Å². The van der Waals surface area contributed by atoms with Gasteiger partial charge in [0.05, 0.1) is 0 Å². The molecular formula is C18H18N2O2. The molecule has 0 aromatic heterocycles. The highest BCUT2D eigenvalue weighted by molar-refractivity contribution is 6.03. The lowest BCUT2D eigenvalue weighted by Gasteiger charge is -2.04. The van der Waals surface area contributed by atoms with Crippen molar-refractivity contribution in [2.45, 2.75) is 13.8 Å². The van der Waals surface area contributed by atoms with E-state index in [1.54, 1.807) is 30.3 Å². The van der Waals surface area contributed by atoms with Crippen molar-refractivity contribution in [3.05, 3.63) is 70.8 Å². The molecule has 0 aliphatic heterocycles. The molecule has 0 bridgehead atoms. The minimum absolute atomic E-state index is 0.262. The Bertz CT molecular complexity index is 749. The minimum atomic E-state index is -0.526. The van der Waals surface area contributed by atoms with Crippen LogP contribution in [-0.4, -0.2) is 11.8 Å². The van der Waals surface area contributed by atoms with Crippen molar-refractivity contribution in [3.8, 4) is 0 Å². The Morgan fingerprint density at radius 2 is 1.86 bits per heavy atom. The molecule has 3 N–H and O–H groups in total. The van der Waals surface area contributed by atoms with Crippen LogP contribution in [0.4, 0.5) is 5.69 Å². The maximum Gasteiger partial charge on any atom is 0.248 e. The van der Waals surface area contributed by atoms with E-state index >= 15 is 0 Å². The number of benzene rings is 2. The SMILES string of the molecule is Cc1ccc(/C=C/C(=O)Nc2cccc(C(N)=O)c2)c(C)c1. The van der Waals surface area contributed by atoms with Gasteiger partial charge in [-0.1, -0.05) is 29.8 Å². The van der Waals surface area contributed by atoms with Crippen LogP contribution in [0.2, 0.25) is 0 Å². The summed E-state index contributed by atoms with van der Waals surface area (Å²) in [5, 5.41) is 2.70. The van der Waals surface area contributed by atoms with Gasteiger partial charge >= 0.3 is 0 Å². The summed E-state index contributed by atoms with van der Waals surface area (Å²) >= 11 is 0. The number of primary amides is 1. The number of nitrogens with two attached hydrogens (primary N) is 1. The lowest BCUT2D eigenvalue weighted by molar-refractivity contribution is -0.111. The zero-order valence-corrected chi connectivity index (χ0v) is 12.6. The predicted octanol–water partition coefficient (Wildman–Crippen LogP) is 3.05. The minimum Gasteiger partial charge on any atom is -0.366 e. The molecule has 0 fully saturated rings. The summed E-state index contributed by atoms with van der Waals surface area (Å²) in [5.41, 5.74) is 9.39. The lowest BCUT2D eigenvalue weighted by Crippen LogP contribution is -2.12. The van der Waals surface area contributed by atoms with Gasteiger partial charge in [0.25, 0.3) is 0 Å². The number of carbonyl (C=O) groups is 2. The molecule has 0 saturated heterocycles. The number of carbonyl (C=O) groups excluding carboxylic acids is 2. The Hall–Kier alpha value is -2.88. The van der Waals surface area contributed by atoms with Gasteiger partial charge in [0, 0.05) is 17.3 Å². The standard InChI is InChI=1S/C18H18N2O2/c1-12-6-7-14(13(2)10-12)8-9-17(21)20-16-5-3-4-15(11-16)18(19)22/h3-11H,1-2H3,(H2,19,22)(H,20,21)/b9-8+. The first kappa shape index (κ1) is 15.5. The highest BCUT2D eigenvalue weighted by Gasteiger charge is 2.03. The van der Waals surface area contributed by atoms with Crippen LogP contribution in [-0.2, 0) is 4.79 Å². The molecule has 0 heterocycles. The molecular weight excluding hydrogens is 276 g/mol. The van der Waals surface area contributed by atoms with Gasteiger partial charge in [-0.25, -0.2) is 0 Å². The second-order valence-corrected chi connectivity index (χ2v) is 5.13. The monoisotopic (exact) mass is 294 g/mol. The summed E-state index contributed by atoms with van der Waals surface area (Å²) < 4.78 is 0. The normalized spacial score (nSPS) is 10.6. The molecule has 112 valence electrons. The maximum absolute atomic E-state index is 11.9. The van der Waals surface area contributed by atoms with E-state index in [0.29, 0.717) is 11.3 Å². The van der Waals surface area contributed by atoms with Crippen LogP contribution >= 0.6 is 0 Å². The molecule has 2 rings (SSSR count). The summed E-state index contributed by atoms with van der Waals surface area (Å²) in [6, 6.07) is 12.6. The molecule has 22 heavy (non-hydrogen) atoms. The average molecular weight is 294 g/mol. The quantitative estimate of drug-likeness (QED) is 0.851. The summed E-state index contributed by atoms with van der Waals surface area (Å²) in [5.74, 6) is -0.788. The van der Waals surface area contributed by atoms with E-state index in [4.69, 9.17) is 5.73 Å². The summed E-state index contributed by atoms with van der Waals surface area (Å²) in [6.45, 7) is 4.03. The molecule has 2 aromatic carbocycles. The third-order valence-electron chi connectivity index (χ3n) is 3.25. The van der Waals surface area contributed by atoms with Crippen molar-refractivity contribution >= 4 is 23.6 Å². The van der Waals surface area contributed by atoms with Gasteiger partial charge in [-0.05, 0) is 49.2 Å². The molecule has 2 aromatic rings. The number of rotatable bonds is 4. The molecule has 0 saturated carbocycles. The van der Waals surface area contributed by atoms with Crippen LogP contribution in [0.15, 0.2) is 48.5 Å². The van der Waals surface area contributed by atoms with E-state index < -0.39 is 5.91 Å². The molecule has 4 nitrogen and oxygen atoms in total. The van der Waals surface area contributed by atoms with Gasteiger partial charge in [0.2, 0.25) is 11.8 Å². The van der Waals surface area contributed by atoms with Gasteiger partial charge in [-0.3, -0.25) is 9.59 Å². The average Bonchev–Trinajstić information content (AvgIpc) is 2.46. The van der Waals surface area contributed by atoms with E-state index in [1.165, 1.54) is 11.6 Å². The van der Waals surface area contributed by atoms with E-state index in [0.717, 1.165) is 11.1 Å². The first-order chi connectivity index (χ1) is 10.5. The molecule has 0 spiro atoms. The zero-order valence-electron chi connectivity index (χ0n) is 12.6. The van der Waals surface area contributed by atoms with Gasteiger partial charge < -0.3 is 11.1 Å². The number of hydrogen-bond acceptors (Lipinski definition) is 2. The fraction of sp³-hybridized carbons (Fsp3) is 0.111. The molecule has 0 unspecified atom stereocenters. The summed E-state index contributed by atoms with van der Waals surface area (Å²) in [7, 11) is 0. The number of hydrogen-bond donors (Lipinski definition) is 2. The Morgan fingerprint density at radius 3 is 2.55 bits per heavy atom. The van der Waals surface area contributed by atoms with Crippen molar-refractivity contribution in [2.24, 2.45) is 5.73 Å². The zero-order chi connectivity index (χ0) is 16.1. The van der Waals surface area contributed by atoms with Crippen molar-refractivity contribution in [2.75, 3.05) is 5.32 Å². The van der Waals surface area contributed by atoms with Gasteiger partial charge in [-0.15, -0.1) is 0 Å². The molecule has 4 heteroatoms. The fourth-order valence-corrected chi connectivity index (χ4v) is 2.11. The second-order valence-electron chi connectivity index (χ2n) is 5.13. The third kappa shape index (κ3) is 4.06. The second kappa shape index (κ2) is 6.72. The Kier molecular flexibility index (Phi) is 4.73. The first-order valence-electron chi connectivity index (χ1n) is 6.92. The Labute approximate surface area is 129 Å². The van der Waals surface area contributed by atoms with Crippen LogP contribution < -0.4 is 11.1 Å². The lowest BCUT2D eigenvalue weighted by atomic mass is 10.1.